The highest BCUT2D eigenvalue weighted by Gasteiger charge is 2.10. The third-order valence-corrected chi connectivity index (χ3v) is 2.57. The molecule has 4 nitrogen and oxygen atoms in total. The summed E-state index contributed by atoms with van der Waals surface area (Å²) < 4.78 is 5.36. The minimum absolute atomic E-state index is 0.0232. The fourth-order valence-electron chi connectivity index (χ4n) is 1.71. The van der Waals surface area contributed by atoms with Gasteiger partial charge in [0.1, 0.15) is 12.4 Å². The van der Waals surface area contributed by atoms with E-state index in [1.807, 2.05) is 36.4 Å². The molecule has 0 heterocycles. The Balaban J connectivity index is 2.01. The molecule has 2 N–H and O–H groups in total. The van der Waals surface area contributed by atoms with Crippen molar-refractivity contribution in [2.24, 2.45) is 0 Å². The number of aliphatic hydroxyl groups excluding tert-OH is 1. The minimum atomic E-state index is -1.04. The molecule has 2 aromatic carbocycles. The third kappa shape index (κ3) is 3.21. The Morgan fingerprint density at radius 3 is 2.61 bits per heavy atom. The molecule has 0 aliphatic rings. The smallest absolute Gasteiger partial charge is 0.306 e. The third-order valence-electron chi connectivity index (χ3n) is 2.57. The van der Waals surface area contributed by atoms with Crippen LogP contribution in [0.3, 0.4) is 0 Å². The summed E-state index contributed by atoms with van der Waals surface area (Å²) in [5, 5.41) is 20.0. The number of rotatable bonds is 5. The molecule has 18 heavy (non-hydrogen) atoms. The summed E-state index contributed by atoms with van der Waals surface area (Å²) in [7, 11) is 0. The van der Waals surface area contributed by atoms with E-state index in [0.717, 1.165) is 10.8 Å². The zero-order valence-electron chi connectivity index (χ0n) is 9.74. The molecule has 0 aromatic heterocycles. The number of ether oxygens (including phenoxy) is 1. The molecule has 2 aromatic rings. The number of hydrogen-bond donors (Lipinski definition) is 2. The van der Waals surface area contributed by atoms with Gasteiger partial charge in [0.05, 0.1) is 12.5 Å². The number of aliphatic carboxylic acids is 1. The van der Waals surface area contributed by atoms with Crippen LogP contribution in [0.15, 0.2) is 42.5 Å². The SMILES string of the molecule is O=C(O)C[C@@H](O)COc1ccc2ccccc2c1. The molecule has 0 amide bonds. The molecule has 0 aliphatic heterocycles. The summed E-state index contributed by atoms with van der Waals surface area (Å²) in [6, 6.07) is 13.5. The monoisotopic (exact) mass is 246 g/mol. The Bertz CT molecular complexity index is 550. The molecule has 94 valence electrons. The van der Waals surface area contributed by atoms with Crippen LogP contribution in [-0.4, -0.2) is 28.9 Å². The van der Waals surface area contributed by atoms with Gasteiger partial charge < -0.3 is 14.9 Å². The van der Waals surface area contributed by atoms with Gasteiger partial charge in [-0.25, -0.2) is 0 Å². The Kier molecular flexibility index (Phi) is 3.79. The summed E-state index contributed by atoms with van der Waals surface area (Å²) in [4.78, 5) is 10.4. The van der Waals surface area contributed by atoms with Crippen molar-refractivity contribution in [3.05, 3.63) is 42.5 Å². The lowest BCUT2D eigenvalue weighted by molar-refractivity contribution is -0.139. The van der Waals surface area contributed by atoms with Gasteiger partial charge >= 0.3 is 5.97 Å². The standard InChI is InChI=1S/C14H14O4/c15-12(8-14(16)17)9-18-13-6-5-10-3-1-2-4-11(10)7-13/h1-7,12,15H,8-9H2,(H,16,17)/t12-/m1/s1. The number of carbonyl (C=O) groups is 1. The average Bonchev–Trinajstić information content (AvgIpc) is 2.35. The van der Waals surface area contributed by atoms with Gasteiger partial charge in [-0.1, -0.05) is 30.3 Å². The average molecular weight is 246 g/mol. The van der Waals surface area contributed by atoms with E-state index in [-0.39, 0.29) is 13.0 Å². The van der Waals surface area contributed by atoms with E-state index >= 15 is 0 Å². The van der Waals surface area contributed by atoms with E-state index in [9.17, 15) is 9.90 Å². The molecule has 0 unspecified atom stereocenters. The van der Waals surface area contributed by atoms with Crippen LogP contribution in [0.1, 0.15) is 6.42 Å². The molecule has 0 spiro atoms. The van der Waals surface area contributed by atoms with E-state index in [1.54, 1.807) is 6.07 Å². The molecule has 0 saturated heterocycles. The number of aliphatic hydroxyl groups is 1. The van der Waals surface area contributed by atoms with E-state index in [2.05, 4.69) is 0 Å². The number of carboxylic acids is 1. The minimum Gasteiger partial charge on any atom is -0.491 e. The molecular weight excluding hydrogens is 232 g/mol. The highest BCUT2D eigenvalue weighted by atomic mass is 16.5. The molecule has 0 saturated carbocycles. The van der Waals surface area contributed by atoms with Crippen LogP contribution in [0.5, 0.6) is 5.75 Å². The first-order valence-corrected chi connectivity index (χ1v) is 5.66. The maximum absolute atomic E-state index is 10.4. The van der Waals surface area contributed by atoms with Crippen LogP contribution in [0, 0.1) is 0 Å². The van der Waals surface area contributed by atoms with Crippen molar-refractivity contribution in [1.29, 1.82) is 0 Å². The normalized spacial score (nSPS) is 12.3. The Morgan fingerprint density at radius 2 is 1.89 bits per heavy atom. The van der Waals surface area contributed by atoms with E-state index in [4.69, 9.17) is 9.84 Å². The fraction of sp³-hybridized carbons (Fsp3) is 0.214. The lowest BCUT2D eigenvalue weighted by Gasteiger charge is -2.10. The van der Waals surface area contributed by atoms with Crippen LogP contribution in [0.2, 0.25) is 0 Å². The first-order chi connectivity index (χ1) is 8.65. The molecule has 4 heteroatoms. The van der Waals surface area contributed by atoms with Crippen molar-refractivity contribution in [3.63, 3.8) is 0 Å². The van der Waals surface area contributed by atoms with Crippen molar-refractivity contribution in [3.8, 4) is 5.75 Å². The molecule has 0 radical (unpaired) electrons. The summed E-state index contributed by atoms with van der Waals surface area (Å²) in [6.07, 6.45) is -1.30. The topological polar surface area (TPSA) is 66.8 Å². The lowest BCUT2D eigenvalue weighted by atomic mass is 10.1. The molecule has 0 aliphatic carbocycles. The Morgan fingerprint density at radius 1 is 1.17 bits per heavy atom. The second-order valence-corrected chi connectivity index (χ2v) is 4.07. The summed E-state index contributed by atoms with van der Waals surface area (Å²) in [6.45, 7) is -0.0232. The predicted octanol–water partition coefficient (Wildman–Crippen LogP) is 2.05. The predicted molar refractivity (Wildman–Crippen MR) is 67.7 cm³/mol. The second kappa shape index (κ2) is 5.51. The van der Waals surface area contributed by atoms with Gasteiger partial charge in [0.25, 0.3) is 0 Å². The second-order valence-electron chi connectivity index (χ2n) is 4.07. The first-order valence-electron chi connectivity index (χ1n) is 5.66. The Labute approximate surface area is 104 Å². The van der Waals surface area contributed by atoms with Crippen molar-refractivity contribution < 1.29 is 19.7 Å². The summed E-state index contributed by atoms with van der Waals surface area (Å²) in [5.74, 6) is -0.414. The van der Waals surface area contributed by atoms with Gasteiger partial charge in [-0.15, -0.1) is 0 Å². The highest BCUT2D eigenvalue weighted by Crippen LogP contribution is 2.20. The lowest BCUT2D eigenvalue weighted by Crippen LogP contribution is -2.21. The van der Waals surface area contributed by atoms with Crippen molar-refractivity contribution in [1.82, 2.24) is 0 Å². The number of hydrogen-bond acceptors (Lipinski definition) is 3. The van der Waals surface area contributed by atoms with Gasteiger partial charge in [0.2, 0.25) is 0 Å². The molecular formula is C14H14O4. The van der Waals surface area contributed by atoms with Crippen LogP contribution in [-0.2, 0) is 4.79 Å². The number of fused-ring (bicyclic) bond motifs is 1. The van der Waals surface area contributed by atoms with Crippen molar-refractivity contribution >= 4 is 16.7 Å². The van der Waals surface area contributed by atoms with Gasteiger partial charge in [-0.3, -0.25) is 4.79 Å². The van der Waals surface area contributed by atoms with E-state index in [1.165, 1.54) is 0 Å². The summed E-state index contributed by atoms with van der Waals surface area (Å²) in [5.41, 5.74) is 0. The molecule has 0 bridgehead atoms. The van der Waals surface area contributed by atoms with Gasteiger partial charge in [0, 0.05) is 0 Å². The fourth-order valence-corrected chi connectivity index (χ4v) is 1.71. The van der Waals surface area contributed by atoms with Gasteiger partial charge in [-0.05, 0) is 22.9 Å². The number of benzene rings is 2. The van der Waals surface area contributed by atoms with Gasteiger partial charge in [0.15, 0.2) is 0 Å². The quantitative estimate of drug-likeness (QED) is 0.847. The number of carboxylic acid groups (broad SMARTS) is 1. The zero-order chi connectivity index (χ0) is 13.0. The highest BCUT2D eigenvalue weighted by molar-refractivity contribution is 5.83. The first kappa shape index (κ1) is 12.4. The molecule has 0 fully saturated rings. The maximum Gasteiger partial charge on any atom is 0.306 e. The van der Waals surface area contributed by atoms with E-state index in [0.29, 0.717) is 5.75 Å². The van der Waals surface area contributed by atoms with Crippen molar-refractivity contribution in [2.75, 3.05) is 6.61 Å². The van der Waals surface area contributed by atoms with Crippen LogP contribution in [0.25, 0.3) is 10.8 Å². The zero-order valence-corrected chi connectivity index (χ0v) is 9.74. The molecule has 2 rings (SSSR count). The summed E-state index contributed by atoms with van der Waals surface area (Å²) >= 11 is 0. The largest absolute Gasteiger partial charge is 0.491 e. The van der Waals surface area contributed by atoms with Gasteiger partial charge in [-0.2, -0.15) is 0 Å². The maximum atomic E-state index is 10.4. The van der Waals surface area contributed by atoms with Crippen LogP contribution in [0.4, 0.5) is 0 Å². The van der Waals surface area contributed by atoms with E-state index < -0.39 is 12.1 Å². The van der Waals surface area contributed by atoms with Crippen LogP contribution >= 0.6 is 0 Å². The van der Waals surface area contributed by atoms with Crippen molar-refractivity contribution in [2.45, 2.75) is 12.5 Å². The molecule has 1 atom stereocenters. The van der Waals surface area contributed by atoms with Crippen LogP contribution < -0.4 is 4.74 Å². The Hall–Kier alpha value is -2.07.